The molecule has 0 aliphatic carbocycles. The van der Waals surface area contributed by atoms with Gasteiger partial charge in [0.2, 0.25) is 0 Å². The van der Waals surface area contributed by atoms with Crippen molar-refractivity contribution in [2.24, 2.45) is 0 Å². The second kappa shape index (κ2) is 5.15. The van der Waals surface area contributed by atoms with E-state index in [1.807, 2.05) is 0 Å². The largest absolute Gasteiger partial charge is 0.416 e. The Kier molecular flexibility index (Phi) is 4.28. The smallest absolute Gasteiger partial charge is 0.382 e. The molecule has 0 spiro atoms. The number of rotatable bonds is 3. The van der Waals surface area contributed by atoms with Crippen molar-refractivity contribution < 1.29 is 38.9 Å². The van der Waals surface area contributed by atoms with Crippen LogP contribution in [-0.2, 0) is 22.5 Å². The zero-order valence-corrected chi connectivity index (χ0v) is 10.7. The first-order chi connectivity index (χ1) is 8.85. The second-order valence-corrected chi connectivity index (χ2v) is 5.53. The molecule has 0 saturated heterocycles. The van der Waals surface area contributed by atoms with Crippen LogP contribution in [0.25, 0.3) is 0 Å². The SMILES string of the molecule is CCS(=O)(=O)Oc1cc(C(F)(F)F)cc(C(F)(F)F)c1. The Morgan fingerprint density at radius 1 is 0.950 bits per heavy atom. The van der Waals surface area contributed by atoms with Crippen molar-refractivity contribution >= 4 is 10.1 Å². The van der Waals surface area contributed by atoms with Crippen molar-refractivity contribution in [1.29, 1.82) is 0 Å². The van der Waals surface area contributed by atoms with Crippen LogP contribution < -0.4 is 4.18 Å². The summed E-state index contributed by atoms with van der Waals surface area (Å²) in [6.45, 7) is 1.13. The summed E-state index contributed by atoms with van der Waals surface area (Å²) < 4.78 is 101. The average molecular weight is 322 g/mol. The summed E-state index contributed by atoms with van der Waals surface area (Å²) in [7, 11) is -4.23. The number of benzene rings is 1. The fourth-order valence-corrected chi connectivity index (χ4v) is 1.69. The highest BCUT2D eigenvalue weighted by Gasteiger charge is 2.37. The lowest BCUT2D eigenvalue weighted by Gasteiger charge is -2.14. The number of halogens is 6. The number of hydrogen-bond acceptors (Lipinski definition) is 3. The minimum absolute atomic E-state index is 0.120. The standard InChI is InChI=1S/C10H8F6O3S/c1-2-20(17,18)19-8-4-6(9(11,12)13)3-7(5-8)10(14,15)16/h3-5H,2H2,1H3. The van der Waals surface area contributed by atoms with Gasteiger partial charge in [-0.25, -0.2) is 0 Å². The van der Waals surface area contributed by atoms with Gasteiger partial charge >= 0.3 is 22.5 Å². The van der Waals surface area contributed by atoms with Crippen molar-refractivity contribution in [3.63, 3.8) is 0 Å². The van der Waals surface area contributed by atoms with Crippen molar-refractivity contribution in [3.8, 4) is 5.75 Å². The molecule has 0 bridgehead atoms. The first-order valence-electron chi connectivity index (χ1n) is 5.07. The van der Waals surface area contributed by atoms with E-state index in [2.05, 4.69) is 4.18 Å². The van der Waals surface area contributed by atoms with Crippen LogP contribution in [0.2, 0.25) is 0 Å². The molecule has 0 aliphatic rings. The van der Waals surface area contributed by atoms with Crippen LogP contribution in [0.5, 0.6) is 5.75 Å². The molecule has 114 valence electrons. The van der Waals surface area contributed by atoms with E-state index in [4.69, 9.17) is 0 Å². The third kappa shape index (κ3) is 4.29. The molecule has 0 heterocycles. The maximum atomic E-state index is 12.5. The molecule has 0 atom stereocenters. The molecule has 0 radical (unpaired) electrons. The summed E-state index contributed by atoms with van der Waals surface area (Å²) in [6.07, 6.45) is -10.1. The predicted octanol–water partition coefficient (Wildman–Crippen LogP) is 3.45. The van der Waals surface area contributed by atoms with Gasteiger partial charge < -0.3 is 4.18 Å². The monoisotopic (exact) mass is 322 g/mol. The van der Waals surface area contributed by atoms with E-state index in [0.717, 1.165) is 6.92 Å². The quantitative estimate of drug-likeness (QED) is 0.632. The van der Waals surface area contributed by atoms with Crippen LogP contribution in [-0.4, -0.2) is 14.2 Å². The van der Waals surface area contributed by atoms with Crippen molar-refractivity contribution in [2.75, 3.05) is 5.75 Å². The summed E-state index contributed by atoms with van der Waals surface area (Å²) in [6, 6.07) is 0.274. The Bertz CT molecular complexity index is 556. The van der Waals surface area contributed by atoms with Crippen LogP contribution in [0, 0.1) is 0 Å². The maximum Gasteiger partial charge on any atom is 0.416 e. The van der Waals surface area contributed by atoms with E-state index in [0.29, 0.717) is 0 Å². The number of alkyl halides is 6. The lowest BCUT2D eigenvalue weighted by molar-refractivity contribution is -0.143. The fourth-order valence-electron chi connectivity index (χ4n) is 1.18. The molecule has 0 saturated carbocycles. The van der Waals surface area contributed by atoms with Crippen LogP contribution in [0.4, 0.5) is 26.3 Å². The Hall–Kier alpha value is -1.45. The van der Waals surface area contributed by atoms with Gasteiger partial charge in [0.15, 0.2) is 0 Å². The van der Waals surface area contributed by atoms with Crippen molar-refractivity contribution in [3.05, 3.63) is 29.3 Å². The molecule has 0 fully saturated rings. The van der Waals surface area contributed by atoms with Gasteiger partial charge in [-0.1, -0.05) is 0 Å². The highest BCUT2D eigenvalue weighted by Crippen LogP contribution is 2.38. The van der Waals surface area contributed by atoms with Gasteiger partial charge in [0, 0.05) is 0 Å². The first-order valence-corrected chi connectivity index (χ1v) is 6.64. The lowest BCUT2D eigenvalue weighted by Crippen LogP contribution is -2.15. The van der Waals surface area contributed by atoms with Gasteiger partial charge in [0.1, 0.15) is 5.75 Å². The van der Waals surface area contributed by atoms with E-state index < -0.39 is 45.1 Å². The molecule has 1 aromatic rings. The topological polar surface area (TPSA) is 43.4 Å². The zero-order chi connectivity index (χ0) is 15.8. The van der Waals surface area contributed by atoms with E-state index in [9.17, 15) is 34.8 Å². The average Bonchev–Trinajstić information content (AvgIpc) is 2.25. The predicted molar refractivity (Wildman–Crippen MR) is 56.5 cm³/mol. The maximum absolute atomic E-state index is 12.5. The molecule has 1 rings (SSSR count). The third-order valence-electron chi connectivity index (χ3n) is 2.14. The summed E-state index contributed by atoms with van der Waals surface area (Å²) in [5, 5.41) is 0. The normalized spacial score (nSPS) is 13.3. The van der Waals surface area contributed by atoms with Gasteiger partial charge in [0.25, 0.3) is 0 Å². The minimum Gasteiger partial charge on any atom is -0.382 e. The van der Waals surface area contributed by atoms with E-state index in [1.165, 1.54) is 0 Å². The second-order valence-electron chi connectivity index (χ2n) is 3.67. The zero-order valence-electron chi connectivity index (χ0n) is 9.84. The Balaban J connectivity index is 3.39. The summed E-state index contributed by atoms with van der Waals surface area (Å²) >= 11 is 0. The molecule has 0 N–H and O–H groups in total. The van der Waals surface area contributed by atoms with Crippen LogP contribution in [0.15, 0.2) is 18.2 Å². The first kappa shape index (κ1) is 16.6. The molecule has 0 unspecified atom stereocenters. The van der Waals surface area contributed by atoms with Crippen molar-refractivity contribution in [2.45, 2.75) is 19.3 Å². The van der Waals surface area contributed by atoms with Crippen LogP contribution in [0.3, 0.4) is 0 Å². The van der Waals surface area contributed by atoms with Gasteiger partial charge in [-0.3, -0.25) is 0 Å². The van der Waals surface area contributed by atoms with E-state index in [-0.39, 0.29) is 18.2 Å². The molecule has 0 aliphatic heterocycles. The summed E-state index contributed by atoms with van der Waals surface area (Å²) in [5.41, 5.74) is -3.29. The highest BCUT2D eigenvalue weighted by molar-refractivity contribution is 7.87. The Morgan fingerprint density at radius 3 is 1.65 bits per heavy atom. The van der Waals surface area contributed by atoms with Gasteiger partial charge in [-0.2, -0.15) is 34.8 Å². The fraction of sp³-hybridized carbons (Fsp3) is 0.400. The summed E-state index contributed by atoms with van der Waals surface area (Å²) in [4.78, 5) is 0. The van der Waals surface area contributed by atoms with Crippen LogP contribution >= 0.6 is 0 Å². The highest BCUT2D eigenvalue weighted by atomic mass is 32.2. The molecule has 1 aromatic carbocycles. The molecule has 0 amide bonds. The van der Waals surface area contributed by atoms with E-state index in [1.54, 1.807) is 0 Å². The molecule has 0 aromatic heterocycles. The Labute approximate surface area is 110 Å². The van der Waals surface area contributed by atoms with Crippen molar-refractivity contribution in [1.82, 2.24) is 0 Å². The summed E-state index contributed by atoms with van der Waals surface area (Å²) in [5.74, 6) is -1.63. The van der Waals surface area contributed by atoms with Gasteiger partial charge in [-0.15, -0.1) is 0 Å². The molecule has 20 heavy (non-hydrogen) atoms. The molecular formula is C10H8F6O3S. The molecule has 3 nitrogen and oxygen atoms in total. The van der Waals surface area contributed by atoms with Crippen LogP contribution in [0.1, 0.15) is 18.1 Å². The van der Waals surface area contributed by atoms with Gasteiger partial charge in [-0.05, 0) is 25.1 Å². The van der Waals surface area contributed by atoms with E-state index >= 15 is 0 Å². The Morgan fingerprint density at radius 2 is 1.35 bits per heavy atom. The lowest BCUT2D eigenvalue weighted by atomic mass is 10.1. The molecular weight excluding hydrogens is 314 g/mol. The number of hydrogen-bond donors (Lipinski definition) is 0. The molecule has 10 heteroatoms. The van der Waals surface area contributed by atoms with Gasteiger partial charge in [0.05, 0.1) is 16.9 Å². The minimum atomic E-state index is -5.06. The third-order valence-corrected chi connectivity index (χ3v) is 3.29.